The van der Waals surface area contributed by atoms with Crippen molar-refractivity contribution < 1.29 is 19.1 Å². The van der Waals surface area contributed by atoms with E-state index in [1.54, 1.807) is 4.90 Å². The van der Waals surface area contributed by atoms with Crippen molar-refractivity contribution in [2.45, 2.75) is 57.9 Å². The number of nitrogens with zero attached hydrogens (tertiary/aromatic N) is 3. The first-order valence-corrected chi connectivity index (χ1v) is 12.2. The standard InChI is InChI=1S/C23H42N4O4/c1-20(2)18-31-22(29)26-10-6-9-25(11-12-26)17-21(28)24-19-23(7-4-3-5-8-23)27-13-15-30-16-14-27/h20H,3-19H2,1-2H3,(H,24,28). The Balaban J connectivity index is 1.44. The molecule has 0 unspecified atom stereocenters. The first-order chi connectivity index (χ1) is 15.0. The Morgan fingerprint density at radius 3 is 2.42 bits per heavy atom. The molecular formula is C23H42N4O4. The lowest BCUT2D eigenvalue weighted by Crippen LogP contribution is -2.60. The molecular weight excluding hydrogens is 396 g/mol. The molecule has 2 saturated heterocycles. The summed E-state index contributed by atoms with van der Waals surface area (Å²) in [4.78, 5) is 31.5. The average molecular weight is 439 g/mol. The first kappa shape index (κ1) is 24.3. The van der Waals surface area contributed by atoms with Gasteiger partial charge in [0.05, 0.1) is 26.4 Å². The number of rotatable bonds is 7. The zero-order valence-electron chi connectivity index (χ0n) is 19.6. The Hall–Kier alpha value is -1.38. The van der Waals surface area contributed by atoms with Crippen LogP contribution in [-0.4, -0.2) is 104 Å². The Bertz CT molecular complexity index is 574. The average Bonchev–Trinajstić information content (AvgIpc) is 3.03. The van der Waals surface area contributed by atoms with Crippen LogP contribution >= 0.6 is 0 Å². The van der Waals surface area contributed by atoms with Crippen molar-refractivity contribution in [3.8, 4) is 0 Å². The molecule has 0 aromatic rings. The molecule has 1 N–H and O–H groups in total. The van der Waals surface area contributed by atoms with Crippen LogP contribution < -0.4 is 5.32 Å². The highest BCUT2D eigenvalue weighted by Crippen LogP contribution is 2.33. The smallest absolute Gasteiger partial charge is 0.409 e. The first-order valence-electron chi connectivity index (χ1n) is 12.2. The molecule has 0 spiro atoms. The molecule has 2 heterocycles. The molecule has 8 nitrogen and oxygen atoms in total. The summed E-state index contributed by atoms with van der Waals surface area (Å²) in [6.07, 6.45) is 6.72. The summed E-state index contributed by atoms with van der Waals surface area (Å²) >= 11 is 0. The zero-order valence-corrected chi connectivity index (χ0v) is 19.6. The van der Waals surface area contributed by atoms with Crippen LogP contribution in [0, 0.1) is 5.92 Å². The van der Waals surface area contributed by atoms with Gasteiger partial charge in [0.15, 0.2) is 0 Å². The lowest BCUT2D eigenvalue weighted by atomic mass is 9.79. The highest BCUT2D eigenvalue weighted by atomic mass is 16.6. The second-order valence-corrected chi connectivity index (χ2v) is 9.75. The Morgan fingerprint density at radius 1 is 0.968 bits per heavy atom. The summed E-state index contributed by atoms with van der Waals surface area (Å²) in [5, 5.41) is 3.26. The van der Waals surface area contributed by atoms with Crippen LogP contribution in [0.5, 0.6) is 0 Å². The minimum atomic E-state index is -0.232. The maximum absolute atomic E-state index is 12.8. The maximum atomic E-state index is 12.8. The van der Waals surface area contributed by atoms with Crippen molar-refractivity contribution in [1.29, 1.82) is 0 Å². The Kier molecular flexibility index (Phi) is 9.41. The molecule has 31 heavy (non-hydrogen) atoms. The molecule has 0 aromatic carbocycles. The van der Waals surface area contributed by atoms with E-state index in [-0.39, 0.29) is 17.5 Å². The quantitative estimate of drug-likeness (QED) is 0.655. The predicted molar refractivity (Wildman–Crippen MR) is 120 cm³/mol. The van der Waals surface area contributed by atoms with Crippen molar-refractivity contribution in [1.82, 2.24) is 20.0 Å². The summed E-state index contributed by atoms with van der Waals surface area (Å²) in [7, 11) is 0. The SMILES string of the molecule is CC(C)COC(=O)N1CCCN(CC(=O)NCC2(N3CCOCC3)CCCCC2)CC1. The van der Waals surface area contributed by atoms with Crippen LogP contribution in [0.3, 0.4) is 0 Å². The summed E-state index contributed by atoms with van der Waals surface area (Å²) in [5.41, 5.74) is 0.0907. The van der Waals surface area contributed by atoms with Crippen LogP contribution in [0.2, 0.25) is 0 Å². The van der Waals surface area contributed by atoms with Crippen LogP contribution in [-0.2, 0) is 14.3 Å². The third kappa shape index (κ3) is 7.32. The molecule has 2 amide bonds. The van der Waals surface area contributed by atoms with E-state index in [4.69, 9.17) is 9.47 Å². The fourth-order valence-electron chi connectivity index (χ4n) is 5.02. The van der Waals surface area contributed by atoms with Crippen molar-refractivity contribution in [3.63, 3.8) is 0 Å². The van der Waals surface area contributed by atoms with Crippen molar-refractivity contribution in [3.05, 3.63) is 0 Å². The number of amides is 2. The van der Waals surface area contributed by atoms with Gasteiger partial charge in [0.2, 0.25) is 5.91 Å². The number of carbonyl (C=O) groups is 2. The van der Waals surface area contributed by atoms with Crippen molar-refractivity contribution >= 4 is 12.0 Å². The highest BCUT2D eigenvalue weighted by molar-refractivity contribution is 5.78. The van der Waals surface area contributed by atoms with Gasteiger partial charge in [-0.05, 0) is 25.2 Å². The van der Waals surface area contributed by atoms with Gasteiger partial charge in [-0.15, -0.1) is 0 Å². The number of morpholine rings is 1. The molecule has 178 valence electrons. The van der Waals surface area contributed by atoms with E-state index >= 15 is 0 Å². The third-order valence-corrected chi connectivity index (χ3v) is 6.83. The Labute approximate surface area is 187 Å². The highest BCUT2D eigenvalue weighted by Gasteiger charge is 2.38. The number of carbonyl (C=O) groups excluding carboxylic acids is 2. The number of hydrogen-bond donors (Lipinski definition) is 1. The van der Waals surface area contributed by atoms with E-state index < -0.39 is 0 Å². The Morgan fingerprint density at radius 2 is 1.71 bits per heavy atom. The van der Waals surface area contributed by atoms with E-state index in [1.165, 1.54) is 19.3 Å². The molecule has 2 aliphatic heterocycles. The van der Waals surface area contributed by atoms with Gasteiger partial charge in [0.25, 0.3) is 0 Å². The van der Waals surface area contributed by atoms with Crippen LogP contribution in [0.15, 0.2) is 0 Å². The second kappa shape index (κ2) is 12.0. The lowest BCUT2D eigenvalue weighted by Gasteiger charge is -2.48. The zero-order chi connectivity index (χ0) is 22.1. The van der Waals surface area contributed by atoms with Gasteiger partial charge in [-0.3, -0.25) is 14.6 Å². The van der Waals surface area contributed by atoms with Crippen molar-refractivity contribution in [2.24, 2.45) is 5.92 Å². The molecule has 0 atom stereocenters. The molecule has 3 fully saturated rings. The van der Waals surface area contributed by atoms with E-state index in [9.17, 15) is 9.59 Å². The van der Waals surface area contributed by atoms with E-state index in [0.717, 1.165) is 58.7 Å². The molecule has 1 aliphatic carbocycles. The lowest BCUT2D eigenvalue weighted by molar-refractivity contribution is -0.123. The number of ether oxygens (including phenoxy) is 2. The largest absolute Gasteiger partial charge is 0.449 e. The monoisotopic (exact) mass is 438 g/mol. The molecule has 3 rings (SSSR count). The van der Waals surface area contributed by atoms with Crippen LogP contribution in [0.4, 0.5) is 4.79 Å². The topological polar surface area (TPSA) is 74.4 Å². The van der Waals surface area contributed by atoms with Crippen LogP contribution in [0.1, 0.15) is 52.4 Å². The molecule has 1 saturated carbocycles. The van der Waals surface area contributed by atoms with Gasteiger partial charge in [0, 0.05) is 51.4 Å². The van der Waals surface area contributed by atoms with Crippen LogP contribution in [0.25, 0.3) is 0 Å². The van der Waals surface area contributed by atoms with Gasteiger partial charge in [0.1, 0.15) is 0 Å². The number of nitrogens with one attached hydrogen (secondary N) is 1. The normalized spacial score (nSPS) is 23.4. The maximum Gasteiger partial charge on any atom is 0.409 e. The van der Waals surface area contributed by atoms with E-state index in [1.807, 2.05) is 13.8 Å². The second-order valence-electron chi connectivity index (χ2n) is 9.75. The van der Waals surface area contributed by atoms with Gasteiger partial charge >= 0.3 is 6.09 Å². The van der Waals surface area contributed by atoms with Gasteiger partial charge in [-0.2, -0.15) is 0 Å². The molecule has 0 radical (unpaired) electrons. The third-order valence-electron chi connectivity index (χ3n) is 6.83. The molecule has 0 aromatic heterocycles. The van der Waals surface area contributed by atoms with Gasteiger partial charge in [-0.1, -0.05) is 33.1 Å². The van der Waals surface area contributed by atoms with E-state index in [0.29, 0.717) is 38.7 Å². The molecule has 3 aliphatic rings. The summed E-state index contributed by atoms with van der Waals surface area (Å²) in [6.45, 7) is 12.0. The molecule has 8 heteroatoms. The fourth-order valence-corrected chi connectivity index (χ4v) is 5.02. The summed E-state index contributed by atoms with van der Waals surface area (Å²) in [6, 6.07) is 0. The van der Waals surface area contributed by atoms with E-state index in [2.05, 4.69) is 15.1 Å². The van der Waals surface area contributed by atoms with Gasteiger partial charge < -0.3 is 19.7 Å². The predicted octanol–water partition coefficient (Wildman–Crippen LogP) is 1.94. The van der Waals surface area contributed by atoms with Gasteiger partial charge in [-0.25, -0.2) is 4.79 Å². The summed E-state index contributed by atoms with van der Waals surface area (Å²) < 4.78 is 10.9. The number of hydrogen-bond acceptors (Lipinski definition) is 6. The summed E-state index contributed by atoms with van der Waals surface area (Å²) in [5.74, 6) is 0.426. The fraction of sp³-hybridized carbons (Fsp3) is 0.913. The minimum absolute atomic E-state index is 0.0907. The molecule has 0 bridgehead atoms. The minimum Gasteiger partial charge on any atom is -0.449 e. The van der Waals surface area contributed by atoms with Crippen molar-refractivity contribution in [2.75, 3.05) is 72.2 Å².